The molecule has 1 atom stereocenters. The van der Waals surface area contributed by atoms with E-state index in [4.69, 9.17) is 24.0 Å². The molecule has 242 valence electrons. The lowest BCUT2D eigenvalue weighted by Gasteiger charge is -2.38. The molecule has 1 aromatic carbocycles. The summed E-state index contributed by atoms with van der Waals surface area (Å²) in [5, 5.41) is 21.9. The first-order chi connectivity index (χ1) is 22.6. The van der Waals surface area contributed by atoms with Crippen LogP contribution in [0.3, 0.4) is 0 Å². The van der Waals surface area contributed by atoms with E-state index in [1.807, 2.05) is 29.9 Å². The second-order valence-corrected chi connectivity index (χ2v) is 11.6. The summed E-state index contributed by atoms with van der Waals surface area (Å²) in [4.78, 5) is 15.7. The molecule has 1 N–H and O–H groups in total. The lowest BCUT2D eigenvalue weighted by molar-refractivity contribution is 0.00502. The first kappa shape index (κ1) is 31.4. The van der Waals surface area contributed by atoms with Crippen molar-refractivity contribution < 1.29 is 18.9 Å². The van der Waals surface area contributed by atoms with E-state index < -0.39 is 0 Å². The molecule has 0 amide bonds. The summed E-state index contributed by atoms with van der Waals surface area (Å²) >= 11 is 0. The van der Waals surface area contributed by atoms with Crippen molar-refractivity contribution in [2.75, 3.05) is 51.9 Å². The maximum atomic E-state index is 9.65. The molecule has 4 aromatic rings. The van der Waals surface area contributed by atoms with E-state index in [9.17, 15) is 5.26 Å². The Morgan fingerprint density at radius 3 is 2.57 bits per heavy atom. The fourth-order valence-corrected chi connectivity index (χ4v) is 6.01. The van der Waals surface area contributed by atoms with Gasteiger partial charge in [0.25, 0.3) is 5.88 Å². The Morgan fingerprint density at radius 2 is 1.85 bits per heavy atom. The minimum absolute atomic E-state index is 0.229. The Kier molecular flexibility index (Phi) is 10.3. The zero-order chi connectivity index (χ0) is 31.7. The highest BCUT2D eigenvalue weighted by molar-refractivity contribution is 5.67. The number of aromatic nitrogens is 7. The van der Waals surface area contributed by atoms with Crippen LogP contribution >= 0.6 is 0 Å². The molecule has 4 heterocycles. The Bertz CT molecular complexity index is 1570. The van der Waals surface area contributed by atoms with Crippen LogP contribution in [0.2, 0.25) is 0 Å². The van der Waals surface area contributed by atoms with Crippen molar-refractivity contribution in [1.29, 1.82) is 5.26 Å². The smallest absolute Gasteiger partial charge is 0.257 e. The Hall–Kier alpha value is -4.58. The normalized spacial score (nSPS) is 19.3. The number of nitriles is 1. The van der Waals surface area contributed by atoms with Gasteiger partial charge in [0.05, 0.1) is 44.2 Å². The van der Waals surface area contributed by atoms with E-state index >= 15 is 0 Å². The molecule has 0 radical (unpaired) electrons. The van der Waals surface area contributed by atoms with Gasteiger partial charge in [-0.3, -0.25) is 9.58 Å². The Balaban J connectivity index is 1.13. The molecular formula is C32H40N10O4. The van der Waals surface area contributed by atoms with E-state index in [1.54, 1.807) is 36.6 Å². The third kappa shape index (κ3) is 7.79. The predicted molar refractivity (Wildman–Crippen MR) is 169 cm³/mol. The molecule has 3 aromatic heterocycles. The molecular weight excluding hydrogens is 588 g/mol. The van der Waals surface area contributed by atoms with E-state index in [1.165, 1.54) is 6.33 Å². The number of rotatable bonds is 13. The summed E-state index contributed by atoms with van der Waals surface area (Å²) in [6.45, 7) is 6.95. The summed E-state index contributed by atoms with van der Waals surface area (Å²) < 4.78 is 26.5. The summed E-state index contributed by atoms with van der Waals surface area (Å²) in [6.07, 6.45) is 12.7. The average molecular weight is 629 g/mol. The van der Waals surface area contributed by atoms with Crippen LogP contribution in [0.15, 0.2) is 49.4 Å². The Morgan fingerprint density at radius 1 is 1.07 bits per heavy atom. The van der Waals surface area contributed by atoms with E-state index in [0.29, 0.717) is 60.7 Å². The molecule has 2 aliphatic rings. The summed E-state index contributed by atoms with van der Waals surface area (Å²) in [5.41, 5.74) is 2.77. The molecule has 0 unspecified atom stereocenters. The number of methoxy groups -OCH3 is 1. The molecule has 14 nitrogen and oxygen atoms in total. The van der Waals surface area contributed by atoms with Crippen LogP contribution in [0.1, 0.15) is 44.2 Å². The predicted octanol–water partition coefficient (Wildman–Crippen LogP) is 3.86. The standard InChI is InChI=1S/C32H40N10O4/c1-23(19-41-22-34-21-37-41)46-30-15-24(3-4-25(30)16-33)26-17-35-32(36-18-26)38-29-20-42(39-31(29)45-14-13-43-2)28-7-5-27(6-8-28)40-9-11-44-12-10-40/h3-4,15,17-18,20-23,27-28H,5-14,19H2,1-2H3,(H,35,36,38)/t23-,27-,28-/m0/s1. The summed E-state index contributed by atoms with van der Waals surface area (Å²) in [6, 6.07) is 8.55. The van der Waals surface area contributed by atoms with Crippen molar-refractivity contribution in [2.24, 2.45) is 0 Å². The van der Waals surface area contributed by atoms with Crippen LogP contribution in [0.25, 0.3) is 11.1 Å². The fourth-order valence-electron chi connectivity index (χ4n) is 6.01. The third-order valence-corrected chi connectivity index (χ3v) is 8.40. The molecule has 0 bridgehead atoms. The van der Waals surface area contributed by atoms with Gasteiger partial charge in [0.1, 0.15) is 42.9 Å². The zero-order valence-electron chi connectivity index (χ0n) is 26.3. The van der Waals surface area contributed by atoms with Gasteiger partial charge in [-0.15, -0.1) is 5.10 Å². The Labute approximate surface area is 268 Å². The number of benzene rings is 1. The van der Waals surface area contributed by atoms with Crippen LogP contribution < -0.4 is 14.8 Å². The highest BCUT2D eigenvalue weighted by atomic mass is 16.5. The molecule has 1 saturated heterocycles. The topological polar surface area (TPSA) is 150 Å². The van der Waals surface area contributed by atoms with E-state index in [2.05, 4.69) is 36.3 Å². The van der Waals surface area contributed by atoms with Crippen molar-refractivity contribution in [2.45, 2.75) is 57.3 Å². The van der Waals surface area contributed by atoms with Crippen molar-refractivity contribution in [3.8, 4) is 28.8 Å². The number of nitrogens with zero attached hydrogens (tertiary/aromatic N) is 9. The third-order valence-electron chi connectivity index (χ3n) is 8.40. The van der Waals surface area contributed by atoms with Crippen LogP contribution in [0, 0.1) is 11.3 Å². The SMILES string of the molecule is COCCOc1nn([C@H]2CC[C@H](N3CCOCC3)CC2)cc1Nc1ncc(-c2ccc(C#N)c(O[C@@H](C)Cn3cncn3)c2)cn1. The number of nitrogens with one attached hydrogen (secondary N) is 1. The second kappa shape index (κ2) is 15.1. The van der Waals surface area contributed by atoms with E-state index in [-0.39, 0.29) is 6.10 Å². The minimum atomic E-state index is -0.229. The number of ether oxygens (including phenoxy) is 4. The highest BCUT2D eigenvalue weighted by Gasteiger charge is 2.29. The number of hydrogen-bond donors (Lipinski definition) is 1. The maximum Gasteiger partial charge on any atom is 0.257 e. The molecule has 0 spiro atoms. The number of anilines is 2. The van der Waals surface area contributed by atoms with Gasteiger partial charge in [-0.2, -0.15) is 10.4 Å². The summed E-state index contributed by atoms with van der Waals surface area (Å²) in [5.74, 6) is 1.40. The van der Waals surface area contributed by atoms with Crippen LogP contribution in [0.5, 0.6) is 11.6 Å². The first-order valence-electron chi connectivity index (χ1n) is 15.7. The van der Waals surface area contributed by atoms with Gasteiger partial charge in [0.2, 0.25) is 5.95 Å². The van der Waals surface area contributed by atoms with Crippen molar-refractivity contribution >= 4 is 11.6 Å². The maximum absolute atomic E-state index is 9.65. The monoisotopic (exact) mass is 628 g/mol. The average Bonchev–Trinajstić information content (AvgIpc) is 3.75. The van der Waals surface area contributed by atoms with Crippen LogP contribution in [-0.4, -0.2) is 98.2 Å². The zero-order valence-corrected chi connectivity index (χ0v) is 26.3. The largest absolute Gasteiger partial charge is 0.487 e. The summed E-state index contributed by atoms with van der Waals surface area (Å²) in [7, 11) is 1.64. The van der Waals surface area contributed by atoms with Crippen molar-refractivity contribution in [3.05, 3.63) is 55.0 Å². The second-order valence-electron chi connectivity index (χ2n) is 11.6. The van der Waals surface area contributed by atoms with Gasteiger partial charge in [-0.25, -0.2) is 19.6 Å². The lowest BCUT2D eigenvalue weighted by Crippen LogP contribution is -2.45. The quantitative estimate of drug-likeness (QED) is 0.214. The van der Waals surface area contributed by atoms with Crippen molar-refractivity contribution in [3.63, 3.8) is 0 Å². The van der Waals surface area contributed by atoms with Gasteiger partial charge >= 0.3 is 0 Å². The van der Waals surface area contributed by atoms with Crippen LogP contribution in [-0.2, 0) is 16.0 Å². The van der Waals surface area contributed by atoms with Gasteiger partial charge in [-0.1, -0.05) is 6.07 Å². The fraction of sp³-hybridized carbons (Fsp3) is 0.500. The van der Waals surface area contributed by atoms with Gasteiger partial charge in [0, 0.05) is 44.2 Å². The molecule has 1 saturated carbocycles. The lowest BCUT2D eigenvalue weighted by atomic mass is 9.90. The number of morpholine rings is 1. The molecule has 1 aliphatic heterocycles. The minimum Gasteiger partial charge on any atom is -0.487 e. The van der Waals surface area contributed by atoms with Crippen molar-refractivity contribution in [1.82, 2.24) is 39.4 Å². The number of hydrogen-bond acceptors (Lipinski definition) is 12. The first-order valence-corrected chi connectivity index (χ1v) is 15.7. The molecule has 46 heavy (non-hydrogen) atoms. The molecule has 1 aliphatic carbocycles. The van der Waals surface area contributed by atoms with Gasteiger partial charge in [-0.05, 0) is 50.3 Å². The highest BCUT2D eigenvalue weighted by Crippen LogP contribution is 2.35. The molecule has 14 heteroatoms. The van der Waals surface area contributed by atoms with Gasteiger partial charge in [0.15, 0.2) is 0 Å². The van der Waals surface area contributed by atoms with Crippen LogP contribution in [0.4, 0.5) is 11.6 Å². The van der Waals surface area contributed by atoms with Gasteiger partial charge < -0.3 is 24.3 Å². The molecule has 6 rings (SSSR count). The van der Waals surface area contributed by atoms with E-state index in [0.717, 1.165) is 63.1 Å². The molecule has 2 fully saturated rings.